The van der Waals surface area contributed by atoms with Crippen LogP contribution in [0.1, 0.15) is 60.9 Å². The molecule has 0 saturated carbocycles. The maximum absolute atomic E-state index is 13.5. The van der Waals surface area contributed by atoms with Gasteiger partial charge in [0.1, 0.15) is 0 Å². The first-order valence-electron chi connectivity index (χ1n) is 13.7. The molecule has 12 nitrogen and oxygen atoms in total. The Balaban J connectivity index is 1.90. The minimum absolute atomic E-state index is 0.0293. The van der Waals surface area contributed by atoms with E-state index in [0.29, 0.717) is 43.2 Å². The lowest BCUT2D eigenvalue weighted by Crippen LogP contribution is -2.43. The molecule has 2 aromatic carbocycles. The molecule has 0 spiro atoms. The third-order valence-electron chi connectivity index (χ3n) is 7.33. The Morgan fingerprint density at radius 1 is 0.881 bits per heavy atom. The SMILES string of the molecule is COC(=O)C1(C(=O)OC)CCCCN(S(=O)(=O)c2ccc([N+](=O)[O-])cc2)CCCCCCOC(=O)c2ccc(cc2)C1. The standard InChI is InChI=1S/C29H36N2O10S/c1-39-27(33)29(28(34)40-2)17-5-7-19-30(42(37,38)25-15-13-24(14-16-25)31(35)36)18-6-3-4-8-20-41-26(32)23-11-9-22(21-29)10-12-23/h9-16H,3-8,17-21H2,1-2H3. The van der Waals surface area contributed by atoms with Gasteiger partial charge in [0.25, 0.3) is 5.69 Å². The zero-order valence-corrected chi connectivity index (χ0v) is 24.6. The number of nitro benzene ring substituents is 1. The molecule has 0 N–H and O–H groups in total. The first-order chi connectivity index (χ1) is 20.0. The third-order valence-corrected chi connectivity index (χ3v) is 9.24. The quantitative estimate of drug-likeness (QED) is 0.160. The van der Waals surface area contributed by atoms with Crippen molar-refractivity contribution in [1.82, 2.24) is 4.31 Å². The highest BCUT2D eigenvalue weighted by Crippen LogP contribution is 2.33. The second-order valence-electron chi connectivity index (χ2n) is 10.1. The number of hydrogen-bond acceptors (Lipinski definition) is 10. The van der Waals surface area contributed by atoms with Crippen molar-refractivity contribution in [3.05, 3.63) is 69.8 Å². The number of nitrogens with zero attached hydrogens (tertiary/aromatic N) is 2. The molecular weight excluding hydrogens is 568 g/mol. The number of ether oxygens (including phenoxy) is 3. The van der Waals surface area contributed by atoms with Gasteiger partial charge in [-0.15, -0.1) is 0 Å². The summed E-state index contributed by atoms with van der Waals surface area (Å²) in [6.07, 6.45) is 3.15. The number of rotatable bonds is 5. The fraction of sp³-hybridized carbons (Fsp3) is 0.483. The summed E-state index contributed by atoms with van der Waals surface area (Å²) in [4.78, 5) is 48.9. The van der Waals surface area contributed by atoms with Crippen molar-refractivity contribution in [2.45, 2.75) is 56.3 Å². The number of carbonyl (C=O) groups excluding carboxylic acids is 3. The number of sulfonamides is 1. The van der Waals surface area contributed by atoms with E-state index >= 15 is 0 Å². The van der Waals surface area contributed by atoms with Crippen molar-refractivity contribution >= 4 is 33.6 Å². The molecule has 2 bridgehead atoms. The first-order valence-corrected chi connectivity index (χ1v) is 15.2. The maximum atomic E-state index is 13.5. The maximum Gasteiger partial charge on any atom is 0.338 e. The van der Waals surface area contributed by atoms with E-state index < -0.39 is 38.3 Å². The zero-order valence-electron chi connectivity index (χ0n) is 23.8. The van der Waals surface area contributed by atoms with Crippen LogP contribution in [0.25, 0.3) is 0 Å². The van der Waals surface area contributed by atoms with Gasteiger partial charge in [0.15, 0.2) is 5.41 Å². The molecule has 0 unspecified atom stereocenters. The van der Waals surface area contributed by atoms with Crippen LogP contribution in [0.5, 0.6) is 0 Å². The van der Waals surface area contributed by atoms with Gasteiger partial charge in [0, 0.05) is 25.2 Å². The first kappa shape index (κ1) is 32.7. The van der Waals surface area contributed by atoms with Crippen molar-refractivity contribution in [3.8, 4) is 0 Å². The lowest BCUT2D eigenvalue weighted by molar-refractivity contribution is -0.384. The Kier molecular flexibility index (Phi) is 11.6. The van der Waals surface area contributed by atoms with Gasteiger partial charge in [0.05, 0.1) is 36.2 Å². The monoisotopic (exact) mass is 604 g/mol. The Hall–Kier alpha value is -3.84. The van der Waals surface area contributed by atoms with Gasteiger partial charge in [-0.25, -0.2) is 13.2 Å². The largest absolute Gasteiger partial charge is 0.468 e. The van der Waals surface area contributed by atoms with E-state index in [-0.39, 0.29) is 43.1 Å². The van der Waals surface area contributed by atoms with Crippen molar-refractivity contribution in [2.24, 2.45) is 5.41 Å². The summed E-state index contributed by atoms with van der Waals surface area (Å²) in [6, 6.07) is 11.1. The molecule has 0 amide bonds. The van der Waals surface area contributed by atoms with Gasteiger partial charge < -0.3 is 14.2 Å². The van der Waals surface area contributed by atoms with Crippen LogP contribution in [0, 0.1) is 15.5 Å². The van der Waals surface area contributed by atoms with Gasteiger partial charge >= 0.3 is 17.9 Å². The molecule has 0 atom stereocenters. The third kappa shape index (κ3) is 7.91. The molecule has 4 rings (SSSR count). The smallest absolute Gasteiger partial charge is 0.338 e. The normalized spacial score (nSPS) is 17.6. The van der Waals surface area contributed by atoms with Gasteiger partial charge in [-0.3, -0.25) is 19.7 Å². The van der Waals surface area contributed by atoms with Crippen LogP contribution in [-0.4, -0.2) is 69.5 Å². The number of carbonyl (C=O) groups is 3. The lowest BCUT2D eigenvalue weighted by Gasteiger charge is -2.29. The topological polar surface area (TPSA) is 159 Å². The van der Waals surface area contributed by atoms with Gasteiger partial charge in [-0.05, 0) is 61.9 Å². The van der Waals surface area contributed by atoms with E-state index in [0.717, 1.165) is 18.6 Å². The predicted octanol–water partition coefficient (Wildman–Crippen LogP) is 4.06. The van der Waals surface area contributed by atoms with E-state index in [1.54, 1.807) is 24.3 Å². The minimum atomic E-state index is -3.99. The Labute approximate surface area is 245 Å². The molecule has 0 aliphatic carbocycles. The number of methoxy groups -OCH3 is 2. The van der Waals surface area contributed by atoms with Crippen LogP contribution in [0.3, 0.4) is 0 Å². The molecular formula is C29H36N2O10S. The molecule has 2 aliphatic rings. The summed E-state index contributed by atoms with van der Waals surface area (Å²) < 4.78 is 43.7. The van der Waals surface area contributed by atoms with Crippen LogP contribution < -0.4 is 0 Å². The molecule has 2 heterocycles. The molecule has 0 saturated heterocycles. The fourth-order valence-electron chi connectivity index (χ4n) is 4.97. The number of benzene rings is 2. The molecule has 42 heavy (non-hydrogen) atoms. The molecule has 228 valence electrons. The highest BCUT2D eigenvalue weighted by Gasteiger charge is 2.48. The van der Waals surface area contributed by atoms with Crippen LogP contribution in [-0.2, 0) is 40.2 Å². The number of fused-ring (bicyclic) bond motifs is 16. The van der Waals surface area contributed by atoms with Crippen molar-refractivity contribution in [3.63, 3.8) is 0 Å². The lowest BCUT2D eigenvalue weighted by atomic mass is 9.77. The molecule has 2 aliphatic heterocycles. The van der Waals surface area contributed by atoms with E-state index in [9.17, 15) is 32.9 Å². The zero-order chi connectivity index (χ0) is 30.8. The van der Waals surface area contributed by atoms with Crippen LogP contribution in [0.2, 0.25) is 0 Å². The number of nitro groups is 1. The summed E-state index contributed by atoms with van der Waals surface area (Å²) in [5.41, 5.74) is -0.967. The summed E-state index contributed by atoms with van der Waals surface area (Å²) in [5, 5.41) is 11.0. The molecule has 0 fully saturated rings. The van der Waals surface area contributed by atoms with Crippen LogP contribution in [0.4, 0.5) is 5.69 Å². The summed E-state index contributed by atoms with van der Waals surface area (Å²) >= 11 is 0. The number of esters is 3. The van der Waals surface area contributed by atoms with Crippen molar-refractivity contribution in [1.29, 1.82) is 0 Å². The Morgan fingerprint density at radius 2 is 1.45 bits per heavy atom. The number of hydrogen-bond donors (Lipinski definition) is 0. The molecule has 13 heteroatoms. The highest BCUT2D eigenvalue weighted by atomic mass is 32.2. The molecule has 2 aromatic rings. The van der Waals surface area contributed by atoms with E-state index in [4.69, 9.17) is 14.2 Å². The van der Waals surface area contributed by atoms with E-state index in [1.807, 2.05) is 0 Å². The number of non-ortho nitro benzene ring substituents is 1. The predicted molar refractivity (Wildman–Crippen MR) is 151 cm³/mol. The van der Waals surface area contributed by atoms with Gasteiger partial charge in [-0.1, -0.05) is 31.4 Å². The average molecular weight is 605 g/mol. The minimum Gasteiger partial charge on any atom is -0.468 e. The Bertz CT molecular complexity index is 1340. The van der Waals surface area contributed by atoms with Crippen LogP contribution >= 0.6 is 0 Å². The van der Waals surface area contributed by atoms with Gasteiger partial charge in [0.2, 0.25) is 10.0 Å². The van der Waals surface area contributed by atoms with Crippen molar-refractivity contribution < 1.29 is 41.9 Å². The van der Waals surface area contributed by atoms with Crippen LogP contribution in [0.15, 0.2) is 53.4 Å². The summed E-state index contributed by atoms with van der Waals surface area (Å²) in [6.45, 7) is 0.505. The summed E-state index contributed by atoms with van der Waals surface area (Å²) in [5.74, 6) is -2.05. The van der Waals surface area contributed by atoms with Crippen molar-refractivity contribution in [2.75, 3.05) is 33.9 Å². The second-order valence-corrected chi connectivity index (χ2v) is 12.0. The molecule has 0 aromatic heterocycles. The van der Waals surface area contributed by atoms with Gasteiger partial charge in [-0.2, -0.15) is 4.31 Å². The van der Waals surface area contributed by atoms with E-state index in [1.165, 1.54) is 30.7 Å². The fourth-order valence-corrected chi connectivity index (χ4v) is 6.48. The summed E-state index contributed by atoms with van der Waals surface area (Å²) in [7, 11) is -1.63. The highest BCUT2D eigenvalue weighted by molar-refractivity contribution is 7.89. The Morgan fingerprint density at radius 3 is 2.02 bits per heavy atom. The second kappa shape index (κ2) is 14.9. The molecule has 0 radical (unpaired) electrons. The van der Waals surface area contributed by atoms with E-state index in [2.05, 4.69) is 0 Å². The average Bonchev–Trinajstić information content (AvgIpc) is 2.99.